The Hall–Kier alpha value is -0.680. The normalized spacial score (nSPS) is 10.5. The molecule has 4 nitrogen and oxygen atoms in total. The average Bonchev–Trinajstić information content (AvgIpc) is 2.43. The van der Waals surface area contributed by atoms with Gasteiger partial charge in [0.05, 0.1) is 0 Å². The van der Waals surface area contributed by atoms with Crippen molar-refractivity contribution in [1.82, 2.24) is 14.8 Å². The van der Waals surface area contributed by atoms with Crippen LogP contribution in [-0.2, 0) is 13.2 Å². The number of aromatic amines is 1. The van der Waals surface area contributed by atoms with Crippen molar-refractivity contribution in [2.45, 2.75) is 32.9 Å². The smallest absolute Gasteiger partial charge is 0.195 e. The Morgan fingerprint density at radius 3 is 3.00 bits per heavy atom. The Balaban J connectivity index is 2.79. The molecule has 0 aliphatic heterocycles. The lowest BCUT2D eigenvalue weighted by Crippen LogP contribution is -2.03. The number of H-pyrrole nitrogens is 1. The summed E-state index contributed by atoms with van der Waals surface area (Å²) in [5.74, 6) is 0.619. The zero-order valence-electron chi connectivity index (χ0n) is 7.08. The summed E-state index contributed by atoms with van der Waals surface area (Å²) in [5.41, 5.74) is 0. The summed E-state index contributed by atoms with van der Waals surface area (Å²) >= 11 is 4.99. The Kier molecular flexibility index (Phi) is 3.43. The van der Waals surface area contributed by atoms with Crippen LogP contribution < -0.4 is 0 Å². The minimum atomic E-state index is -0.0587. The molecule has 0 aliphatic rings. The van der Waals surface area contributed by atoms with Crippen LogP contribution in [0.3, 0.4) is 0 Å². The second-order valence-corrected chi connectivity index (χ2v) is 2.99. The molecule has 0 saturated carbocycles. The Morgan fingerprint density at radius 1 is 1.67 bits per heavy atom. The van der Waals surface area contributed by atoms with Gasteiger partial charge in [0, 0.05) is 6.54 Å². The number of aliphatic hydroxyl groups excluding tert-OH is 1. The van der Waals surface area contributed by atoms with Crippen molar-refractivity contribution < 1.29 is 5.11 Å². The van der Waals surface area contributed by atoms with E-state index in [0.717, 1.165) is 19.4 Å². The van der Waals surface area contributed by atoms with Crippen LogP contribution in [-0.4, -0.2) is 19.9 Å². The third-order valence-electron chi connectivity index (χ3n) is 1.71. The number of hydrogen-bond acceptors (Lipinski definition) is 3. The van der Waals surface area contributed by atoms with Crippen LogP contribution in [0.4, 0.5) is 0 Å². The molecular formula is C7H13N3OS. The number of nitrogens with one attached hydrogen (secondary N) is 1. The highest BCUT2D eigenvalue weighted by Gasteiger charge is 2.02. The fraction of sp³-hybridized carbons (Fsp3) is 0.714. The Labute approximate surface area is 76.2 Å². The maximum Gasteiger partial charge on any atom is 0.195 e. The number of hydrogen-bond donors (Lipinski definition) is 2. The monoisotopic (exact) mass is 187 g/mol. The van der Waals surface area contributed by atoms with Crippen LogP contribution in [0.1, 0.15) is 25.6 Å². The van der Waals surface area contributed by atoms with Crippen LogP contribution in [0.2, 0.25) is 0 Å². The SMILES string of the molecule is CCCCn1c(CO)n[nH]c1=S. The third kappa shape index (κ3) is 1.92. The first-order valence-corrected chi connectivity index (χ1v) is 4.45. The molecule has 12 heavy (non-hydrogen) atoms. The van der Waals surface area contributed by atoms with Crippen LogP contribution >= 0.6 is 12.2 Å². The second kappa shape index (κ2) is 4.37. The molecule has 0 atom stereocenters. The van der Waals surface area contributed by atoms with Gasteiger partial charge in [-0.1, -0.05) is 13.3 Å². The first kappa shape index (κ1) is 9.41. The van der Waals surface area contributed by atoms with Gasteiger partial charge in [-0.15, -0.1) is 0 Å². The van der Waals surface area contributed by atoms with Crippen molar-refractivity contribution in [3.63, 3.8) is 0 Å². The highest BCUT2D eigenvalue weighted by molar-refractivity contribution is 7.71. The first-order chi connectivity index (χ1) is 5.79. The van der Waals surface area contributed by atoms with E-state index >= 15 is 0 Å². The molecular weight excluding hydrogens is 174 g/mol. The molecule has 1 rings (SSSR count). The lowest BCUT2D eigenvalue weighted by atomic mass is 10.3. The van der Waals surface area contributed by atoms with Crippen molar-refractivity contribution >= 4 is 12.2 Å². The number of aromatic nitrogens is 3. The van der Waals surface area contributed by atoms with E-state index in [2.05, 4.69) is 17.1 Å². The predicted octanol–water partition coefficient (Wildman–Crippen LogP) is 1.23. The van der Waals surface area contributed by atoms with Crippen molar-refractivity contribution in [3.05, 3.63) is 10.6 Å². The summed E-state index contributed by atoms with van der Waals surface area (Å²) in [7, 11) is 0. The van der Waals surface area contributed by atoms with Crippen molar-refractivity contribution in [2.24, 2.45) is 0 Å². The highest BCUT2D eigenvalue weighted by atomic mass is 32.1. The van der Waals surface area contributed by atoms with Gasteiger partial charge in [0.25, 0.3) is 0 Å². The van der Waals surface area contributed by atoms with Crippen LogP contribution in [0.5, 0.6) is 0 Å². The van der Waals surface area contributed by atoms with Crippen LogP contribution in [0, 0.1) is 4.77 Å². The molecule has 0 aromatic carbocycles. The van der Waals surface area contributed by atoms with E-state index in [1.807, 2.05) is 4.57 Å². The van der Waals surface area contributed by atoms with E-state index < -0.39 is 0 Å². The predicted molar refractivity (Wildman–Crippen MR) is 48.2 cm³/mol. The first-order valence-electron chi connectivity index (χ1n) is 4.04. The zero-order valence-corrected chi connectivity index (χ0v) is 7.89. The van der Waals surface area contributed by atoms with Gasteiger partial charge < -0.3 is 9.67 Å². The summed E-state index contributed by atoms with van der Waals surface area (Å²) in [6.07, 6.45) is 2.17. The summed E-state index contributed by atoms with van der Waals surface area (Å²) in [6, 6.07) is 0. The average molecular weight is 187 g/mol. The third-order valence-corrected chi connectivity index (χ3v) is 2.03. The van der Waals surface area contributed by atoms with Crippen molar-refractivity contribution in [2.75, 3.05) is 0 Å². The zero-order chi connectivity index (χ0) is 8.97. The molecule has 0 spiro atoms. The molecule has 0 saturated heterocycles. The number of rotatable bonds is 4. The standard InChI is InChI=1S/C7H13N3OS/c1-2-3-4-10-6(5-11)8-9-7(10)12/h11H,2-5H2,1H3,(H,9,12). The van der Waals surface area contributed by atoms with E-state index in [1.54, 1.807) is 0 Å². The minimum absolute atomic E-state index is 0.0587. The van der Waals surface area contributed by atoms with Crippen LogP contribution in [0.15, 0.2) is 0 Å². The topological polar surface area (TPSA) is 53.8 Å². The maximum absolute atomic E-state index is 8.88. The molecule has 0 amide bonds. The van der Waals surface area contributed by atoms with Gasteiger partial charge in [0.15, 0.2) is 10.6 Å². The van der Waals surface area contributed by atoms with Crippen LogP contribution in [0.25, 0.3) is 0 Å². The Bertz CT molecular complexity index is 291. The molecule has 1 aromatic rings. The van der Waals surface area contributed by atoms with E-state index in [0.29, 0.717) is 10.6 Å². The second-order valence-electron chi connectivity index (χ2n) is 2.61. The highest BCUT2D eigenvalue weighted by Crippen LogP contribution is 2.00. The van der Waals surface area contributed by atoms with Gasteiger partial charge in [0.2, 0.25) is 0 Å². The molecule has 1 aromatic heterocycles. The minimum Gasteiger partial charge on any atom is -0.388 e. The molecule has 0 bridgehead atoms. The van der Waals surface area contributed by atoms with Crippen molar-refractivity contribution in [1.29, 1.82) is 0 Å². The molecule has 5 heteroatoms. The fourth-order valence-electron chi connectivity index (χ4n) is 1.02. The summed E-state index contributed by atoms with van der Waals surface area (Å²) < 4.78 is 2.42. The quantitative estimate of drug-likeness (QED) is 0.697. The number of nitrogens with zero attached hydrogens (tertiary/aromatic N) is 2. The van der Waals surface area contributed by atoms with E-state index in [4.69, 9.17) is 17.3 Å². The molecule has 1 heterocycles. The summed E-state index contributed by atoms with van der Waals surface area (Å²) in [6.45, 7) is 2.89. The molecule has 0 fully saturated rings. The molecule has 0 aliphatic carbocycles. The maximum atomic E-state index is 8.88. The lowest BCUT2D eigenvalue weighted by Gasteiger charge is -2.02. The van der Waals surface area contributed by atoms with E-state index in [1.165, 1.54) is 0 Å². The van der Waals surface area contributed by atoms with Gasteiger partial charge in [-0.25, -0.2) is 0 Å². The van der Waals surface area contributed by atoms with E-state index in [9.17, 15) is 0 Å². The number of aliphatic hydroxyl groups is 1. The molecule has 2 N–H and O–H groups in total. The van der Waals surface area contributed by atoms with Gasteiger partial charge >= 0.3 is 0 Å². The van der Waals surface area contributed by atoms with Gasteiger partial charge in [-0.3, -0.25) is 5.10 Å². The van der Waals surface area contributed by atoms with Gasteiger partial charge in [0.1, 0.15) is 6.61 Å². The van der Waals surface area contributed by atoms with E-state index in [-0.39, 0.29) is 6.61 Å². The lowest BCUT2D eigenvalue weighted by molar-refractivity contribution is 0.264. The fourth-order valence-corrected chi connectivity index (χ4v) is 1.26. The molecule has 68 valence electrons. The molecule has 0 radical (unpaired) electrons. The molecule has 0 unspecified atom stereocenters. The summed E-state index contributed by atoms with van der Waals surface area (Å²) in [4.78, 5) is 0. The van der Waals surface area contributed by atoms with Gasteiger partial charge in [-0.05, 0) is 18.6 Å². The van der Waals surface area contributed by atoms with Gasteiger partial charge in [-0.2, -0.15) is 5.10 Å². The largest absolute Gasteiger partial charge is 0.388 e. The Morgan fingerprint density at radius 2 is 2.42 bits per heavy atom. The number of unbranched alkanes of at least 4 members (excludes halogenated alkanes) is 1. The van der Waals surface area contributed by atoms with Crippen molar-refractivity contribution in [3.8, 4) is 0 Å². The summed E-state index contributed by atoms with van der Waals surface area (Å²) in [5, 5.41) is 15.4.